The highest BCUT2D eigenvalue weighted by molar-refractivity contribution is 7.91. The summed E-state index contributed by atoms with van der Waals surface area (Å²) < 4.78 is 50.1. The van der Waals surface area contributed by atoms with Crippen LogP contribution in [0.15, 0.2) is 17.0 Å². The largest absolute Gasteiger partial charge is 0.399 e. The molecular formula is C13H20N2O4S2. The Morgan fingerprint density at radius 2 is 1.67 bits per heavy atom. The number of sulfonamides is 1. The zero-order chi connectivity index (χ0) is 15.8. The van der Waals surface area contributed by atoms with Gasteiger partial charge in [0.05, 0.1) is 16.4 Å². The summed E-state index contributed by atoms with van der Waals surface area (Å²) in [5.41, 5.74) is 7.40. The van der Waals surface area contributed by atoms with E-state index in [0.717, 1.165) is 0 Å². The van der Waals surface area contributed by atoms with E-state index in [2.05, 4.69) is 0 Å². The molecule has 0 saturated carbocycles. The van der Waals surface area contributed by atoms with Crippen LogP contribution in [0.4, 0.5) is 5.69 Å². The molecule has 1 aromatic carbocycles. The Morgan fingerprint density at radius 1 is 1.10 bits per heavy atom. The summed E-state index contributed by atoms with van der Waals surface area (Å²) in [6, 6.07) is 3.24. The number of hydrogen-bond acceptors (Lipinski definition) is 5. The number of aryl methyl sites for hydroxylation is 2. The van der Waals surface area contributed by atoms with Crippen molar-refractivity contribution in [3.05, 3.63) is 23.3 Å². The van der Waals surface area contributed by atoms with Crippen molar-refractivity contribution in [3.8, 4) is 0 Å². The number of hydrogen-bond donors (Lipinski definition) is 1. The van der Waals surface area contributed by atoms with Gasteiger partial charge in [-0.3, -0.25) is 0 Å². The first kappa shape index (κ1) is 16.3. The fourth-order valence-corrected chi connectivity index (χ4v) is 5.95. The van der Waals surface area contributed by atoms with Gasteiger partial charge in [-0.25, -0.2) is 16.8 Å². The minimum absolute atomic E-state index is 0.00786. The van der Waals surface area contributed by atoms with E-state index in [0.29, 0.717) is 23.2 Å². The van der Waals surface area contributed by atoms with Crippen LogP contribution in [0.5, 0.6) is 0 Å². The van der Waals surface area contributed by atoms with E-state index < -0.39 is 19.9 Å². The quantitative estimate of drug-likeness (QED) is 0.804. The van der Waals surface area contributed by atoms with Gasteiger partial charge in [-0.15, -0.1) is 0 Å². The van der Waals surface area contributed by atoms with E-state index in [1.54, 1.807) is 26.0 Å². The Bertz CT molecular complexity index is 731. The first-order chi connectivity index (χ1) is 9.63. The summed E-state index contributed by atoms with van der Waals surface area (Å²) in [6.45, 7) is 3.63. The van der Waals surface area contributed by atoms with Gasteiger partial charge in [0.2, 0.25) is 10.0 Å². The molecule has 0 atom stereocenters. The lowest BCUT2D eigenvalue weighted by Gasteiger charge is -2.22. The maximum absolute atomic E-state index is 12.8. The molecule has 2 N–H and O–H groups in total. The smallest absolute Gasteiger partial charge is 0.243 e. The molecule has 21 heavy (non-hydrogen) atoms. The number of rotatable bonds is 2. The van der Waals surface area contributed by atoms with Crippen LogP contribution in [0.3, 0.4) is 0 Å². The van der Waals surface area contributed by atoms with Crippen LogP contribution >= 0.6 is 0 Å². The normalized spacial score (nSPS) is 20.1. The molecule has 6 nitrogen and oxygen atoms in total. The Morgan fingerprint density at radius 3 is 2.24 bits per heavy atom. The molecule has 118 valence electrons. The number of nitrogen functional groups attached to an aromatic ring is 1. The second-order valence-electron chi connectivity index (χ2n) is 5.39. The summed E-state index contributed by atoms with van der Waals surface area (Å²) >= 11 is 0. The van der Waals surface area contributed by atoms with E-state index in [4.69, 9.17) is 5.73 Å². The first-order valence-corrected chi connectivity index (χ1v) is 9.97. The molecule has 0 spiro atoms. The zero-order valence-electron chi connectivity index (χ0n) is 12.2. The van der Waals surface area contributed by atoms with Crippen LogP contribution < -0.4 is 5.73 Å². The van der Waals surface area contributed by atoms with Crippen molar-refractivity contribution in [1.29, 1.82) is 0 Å². The summed E-state index contributed by atoms with van der Waals surface area (Å²) in [6.07, 6.45) is 0.328. The van der Waals surface area contributed by atoms with Gasteiger partial charge in [0, 0.05) is 18.8 Å². The molecule has 1 heterocycles. The lowest BCUT2D eigenvalue weighted by atomic mass is 10.1. The van der Waals surface area contributed by atoms with Crippen LogP contribution in [-0.4, -0.2) is 45.7 Å². The van der Waals surface area contributed by atoms with E-state index in [1.807, 2.05) is 0 Å². The third-order valence-electron chi connectivity index (χ3n) is 3.60. The molecule has 1 fully saturated rings. The SMILES string of the molecule is Cc1cc(N)cc(C)c1S(=O)(=O)N1CCCS(=O)(=O)CC1. The van der Waals surface area contributed by atoms with Gasteiger partial charge in [0.25, 0.3) is 0 Å². The van der Waals surface area contributed by atoms with Crippen LogP contribution in [0, 0.1) is 13.8 Å². The van der Waals surface area contributed by atoms with E-state index in [1.165, 1.54) is 4.31 Å². The number of nitrogens with two attached hydrogens (primary N) is 1. The second-order valence-corrected chi connectivity index (χ2v) is 9.57. The molecule has 0 bridgehead atoms. The summed E-state index contributed by atoms with van der Waals surface area (Å²) in [7, 11) is -6.85. The molecule has 8 heteroatoms. The standard InChI is InChI=1S/C13H20N2O4S2/c1-10-8-12(14)9-11(2)13(10)21(18,19)15-4-3-6-20(16,17)7-5-15/h8-9H,3-7,14H2,1-2H3. The molecule has 0 unspecified atom stereocenters. The second kappa shape index (κ2) is 5.58. The average molecular weight is 332 g/mol. The Balaban J connectivity index is 2.43. The van der Waals surface area contributed by atoms with E-state index >= 15 is 0 Å². The van der Waals surface area contributed by atoms with E-state index in [9.17, 15) is 16.8 Å². The van der Waals surface area contributed by atoms with Crippen LogP contribution in [0.25, 0.3) is 0 Å². The van der Waals surface area contributed by atoms with Gasteiger partial charge in [-0.1, -0.05) is 0 Å². The van der Waals surface area contributed by atoms with Crippen molar-refractivity contribution < 1.29 is 16.8 Å². The molecule has 2 rings (SSSR count). The molecule has 0 amide bonds. The van der Waals surface area contributed by atoms with Gasteiger partial charge in [-0.2, -0.15) is 4.31 Å². The monoisotopic (exact) mass is 332 g/mol. The van der Waals surface area contributed by atoms with Crippen molar-refractivity contribution >= 4 is 25.5 Å². The van der Waals surface area contributed by atoms with Crippen molar-refractivity contribution in [1.82, 2.24) is 4.31 Å². The minimum atomic E-state index is -3.70. The van der Waals surface area contributed by atoms with Gasteiger partial charge in [-0.05, 0) is 43.5 Å². The van der Waals surface area contributed by atoms with Crippen molar-refractivity contribution in [2.75, 3.05) is 30.3 Å². The van der Waals surface area contributed by atoms with Crippen LogP contribution in [0.2, 0.25) is 0 Å². The van der Waals surface area contributed by atoms with Crippen LogP contribution in [-0.2, 0) is 19.9 Å². The van der Waals surface area contributed by atoms with Crippen LogP contribution in [0.1, 0.15) is 17.5 Å². The van der Waals surface area contributed by atoms with Gasteiger partial charge in [0.15, 0.2) is 9.84 Å². The molecular weight excluding hydrogens is 312 g/mol. The zero-order valence-corrected chi connectivity index (χ0v) is 13.8. The molecule has 1 aliphatic rings. The lowest BCUT2D eigenvalue weighted by molar-refractivity contribution is 0.434. The average Bonchev–Trinajstić information content (AvgIpc) is 2.48. The first-order valence-electron chi connectivity index (χ1n) is 6.71. The minimum Gasteiger partial charge on any atom is -0.399 e. The molecule has 1 aliphatic heterocycles. The van der Waals surface area contributed by atoms with Gasteiger partial charge >= 0.3 is 0 Å². The van der Waals surface area contributed by atoms with Crippen molar-refractivity contribution in [2.45, 2.75) is 25.2 Å². The maximum Gasteiger partial charge on any atom is 0.243 e. The van der Waals surface area contributed by atoms with Gasteiger partial charge in [0.1, 0.15) is 0 Å². The van der Waals surface area contributed by atoms with Crippen molar-refractivity contribution in [2.24, 2.45) is 0 Å². The van der Waals surface area contributed by atoms with Gasteiger partial charge < -0.3 is 5.73 Å². The number of sulfone groups is 1. The highest BCUT2D eigenvalue weighted by atomic mass is 32.2. The number of benzene rings is 1. The molecule has 0 aliphatic carbocycles. The predicted molar refractivity (Wildman–Crippen MR) is 82.4 cm³/mol. The Hall–Kier alpha value is -1.12. The molecule has 0 aromatic heterocycles. The summed E-state index contributed by atoms with van der Waals surface area (Å²) in [5, 5.41) is 0. The summed E-state index contributed by atoms with van der Waals surface area (Å²) in [4.78, 5) is 0.232. The highest BCUT2D eigenvalue weighted by Gasteiger charge is 2.31. The number of anilines is 1. The fourth-order valence-electron chi connectivity index (χ4n) is 2.68. The fraction of sp³-hybridized carbons (Fsp3) is 0.538. The third-order valence-corrected chi connectivity index (χ3v) is 7.52. The maximum atomic E-state index is 12.8. The van der Waals surface area contributed by atoms with E-state index in [-0.39, 0.29) is 29.5 Å². The highest BCUT2D eigenvalue weighted by Crippen LogP contribution is 2.27. The Kier molecular flexibility index (Phi) is 4.32. The number of nitrogens with zero attached hydrogens (tertiary/aromatic N) is 1. The predicted octanol–water partition coefficient (Wildman–Crippen LogP) is 0.695. The topological polar surface area (TPSA) is 97.5 Å². The molecule has 1 aromatic rings. The summed E-state index contributed by atoms with van der Waals surface area (Å²) in [5.74, 6) is -0.0853. The molecule has 0 radical (unpaired) electrons. The van der Waals surface area contributed by atoms with Crippen molar-refractivity contribution in [3.63, 3.8) is 0 Å². The molecule has 1 saturated heterocycles. The third kappa shape index (κ3) is 3.38. The Labute approximate surface area is 125 Å². The lowest BCUT2D eigenvalue weighted by Crippen LogP contribution is -2.34.